The summed E-state index contributed by atoms with van der Waals surface area (Å²) in [6.07, 6.45) is 0. The largest absolute Gasteiger partial charge is 0.486 e. The van der Waals surface area contributed by atoms with Crippen LogP contribution in [0.15, 0.2) is 0 Å². The van der Waals surface area contributed by atoms with Crippen molar-refractivity contribution in [2.45, 2.75) is 0 Å². The standard InChI is InChI=1S/C2H8NO5P/c4-2-1-3-8-9(5,6)7/h3-4H,1-2H2,(H2,5,6,7). The lowest BCUT2D eigenvalue weighted by Crippen LogP contribution is -2.16. The summed E-state index contributed by atoms with van der Waals surface area (Å²) >= 11 is 0. The highest BCUT2D eigenvalue weighted by atomic mass is 31.2. The molecule has 0 saturated heterocycles. The van der Waals surface area contributed by atoms with E-state index < -0.39 is 7.82 Å². The molecule has 0 fully saturated rings. The predicted molar refractivity (Wildman–Crippen MR) is 28.2 cm³/mol. The highest BCUT2D eigenvalue weighted by Gasteiger charge is 2.12. The Hall–Kier alpha value is 0.0300. The van der Waals surface area contributed by atoms with Gasteiger partial charge in [0.15, 0.2) is 0 Å². The Bertz CT molecular complexity index is 110. The number of phosphoric acid groups is 1. The molecule has 0 aromatic heterocycles. The molecule has 0 atom stereocenters. The Morgan fingerprint density at radius 3 is 2.44 bits per heavy atom. The van der Waals surface area contributed by atoms with Crippen LogP contribution in [-0.2, 0) is 9.19 Å². The normalized spacial score (nSPS) is 11.9. The molecule has 0 spiro atoms. The number of hydrogen-bond acceptors (Lipinski definition) is 4. The summed E-state index contributed by atoms with van der Waals surface area (Å²) < 4.78 is 13.6. The molecule has 0 aromatic carbocycles. The van der Waals surface area contributed by atoms with Crippen molar-refractivity contribution in [2.75, 3.05) is 13.2 Å². The molecule has 0 unspecified atom stereocenters. The van der Waals surface area contributed by atoms with E-state index in [9.17, 15) is 4.57 Å². The molecule has 0 aliphatic heterocycles. The van der Waals surface area contributed by atoms with Gasteiger partial charge in [-0.1, -0.05) is 0 Å². The first-order chi connectivity index (χ1) is 4.06. The Morgan fingerprint density at radius 2 is 2.11 bits per heavy atom. The van der Waals surface area contributed by atoms with Crippen molar-refractivity contribution in [3.05, 3.63) is 0 Å². The van der Waals surface area contributed by atoms with E-state index in [0.29, 0.717) is 0 Å². The molecule has 0 aromatic rings. The van der Waals surface area contributed by atoms with Crippen molar-refractivity contribution >= 4 is 7.82 Å². The quantitative estimate of drug-likeness (QED) is 0.227. The van der Waals surface area contributed by atoms with Crippen LogP contribution in [0, 0.1) is 0 Å². The van der Waals surface area contributed by atoms with Gasteiger partial charge in [-0.25, -0.2) is 4.57 Å². The molecule has 4 N–H and O–H groups in total. The van der Waals surface area contributed by atoms with Crippen molar-refractivity contribution < 1.29 is 24.1 Å². The third kappa shape index (κ3) is 8.03. The zero-order valence-corrected chi connectivity index (χ0v) is 5.41. The summed E-state index contributed by atoms with van der Waals surface area (Å²) in [6, 6.07) is 0. The fourth-order valence-corrected chi connectivity index (χ4v) is 0.435. The number of nitrogens with one attached hydrogen (secondary N) is 1. The smallest absolute Gasteiger partial charge is 0.395 e. The van der Waals surface area contributed by atoms with Gasteiger partial charge in [0, 0.05) is 6.54 Å². The first-order valence-corrected chi connectivity index (χ1v) is 3.67. The van der Waals surface area contributed by atoms with Crippen molar-refractivity contribution in [3.8, 4) is 0 Å². The predicted octanol–water partition coefficient (Wildman–Crippen LogP) is -1.41. The van der Waals surface area contributed by atoms with E-state index in [2.05, 4.69) is 4.62 Å². The van der Waals surface area contributed by atoms with Crippen LogP contribution in [0.25, 0.3) is 0 Å². The Balaban J connectivity index is 3.18. The lowest BCUT2D eigenvalue weighted by atomic mass is 10.8. The zero-order chi connectivity index (χ0) is 7.33. The van der Waals surface area contributed by atoms with E-state index >= 15 is 0 Å². The van der Waals surface area contributed by atoms with Gasteiger partial charge in [0.1, 0.15) is 0 Å². The number of rotatable bonds is 4. The van der Waals surface area contributed by atoms with Gasteiger partial charge in [-0.15, -0.1) is 0 Å². The summed E-state index contributed by atoms with van der Waals surface area (Å²) in [5, 5.41) is 8.07. The SMILES string of the molecule is O=P(O)(O)ONCCO. The Kier molecular flexibility index (Phi) is 3.96. The second kappa shape index (κ2) is 3.94. The molecular formula is C2H8NO5P. The van der Waals surface area contributed by atoms with Crippen LogP contribution in [0.2, 0.25) is 0 Å². The van der Waals surface area contributed by atoms with Crippen molar-refractivity contribution in [1.29, 1.82) is 0 Å². The van der Waals surface area contributed by atoms with Gasteiger partial charge in [-0.2, -0.15) is 10.1 Å². The van der Waals surface area contributed by atoms with Crippen LogP contribution in [0.4, 0.5) is 0 Å². The van der Waals surface area contributed by atoms with Crippen LogP contribution in [-0.4, -0.2) is 28.0 Å². The third-order valence-electron chi connectivity index (χ3n) is 0.397. The molecule has 9 heavy (non-hydrogen) atoms. The summed E-state index contributed by atoms with van der Waals surface area (Å²) in [6.45, 7) is -0.245. The molecule has 0 amide bonds. The topological polar surface area (TPSA) is 99.0 Å². The van der Waals surface area contributed by atoms with E-state index in [0.717, 1.165) is 0 Å². The monoisotopic (exact) mass is 157 g/mol. The van der Waals surface area contributed by atoms with Gasteiger partial charge >= 0.3 is 7.82 Å². The maximum absolute atomic E-state index is 9.83. The molecule has 7 heteroatoms. The molecule has 0 saturated carbocycles. The Morgan fingerprint density at radius 1 is 1.56 bits per heavy atom. The van der Waals surface area contributed by atoms with Gasteiger partial charge < -0.3 is 14.9 Å². The fourth-order valence-electron chi connectivity index (χ4n) is 0.175. The Labute approximate surface area is 51.7 Å². The van der Waals surface area contributed by atoms with E-state index in [4.69, 9.17) is 14.9 Å². The summed E-state index contributed by atoms with van der Waals surface area (Å²) in [5.41, 5.74) is 1.86. The number of hydroxylamine groups is 1. The van der Waals surface area contributed by atoms with E-state index in [1.54, 1.807) is 0 Å². The average Bonchev–Trinajstić information content (AvgIpc) is 1.63. The van der Waals surface area contributed by atoms with Crippen molar-refractivity contribution in [3.63, 3.8) is 0 Å². The lowest BCUT2D eigenvalue weighted by molar-refractivity contribution is 0.111. The minimum Gasteiger partial charge on any atom is -0.395 e. The molecule has 0 bridgehead atoms. The van der Waals surface area contributed by atoms with Crippen LogP contribution in [0.5, 0.6) is 0 Å². The minimum absolute atomic E-state index is 0.00882. The van der Waals surface area contributed by atoms with Crippen LogP contribution in [0.1, 0.15) is 0 Å². The molecule has 0 heterocycles. The van der Waals surface area contributed by atoms with Crippen LogP contribution < -0.4 is 5.48 Å². The average molecular weight is 157 g/mol. The maximum atomic E-state index is 9.83. The van der Waals surface area contributed by atoms with Gasteiger partial charge in [-0.3, -0.25) is 0 Å². The van der Waals surface area contributed by atoms with Crippen LogP contribution >= 0.6 is 7.82 Å². The lowest BCUT2D eigenvalue weighted by Gasteiger charge is -2.02. The zero-order valence-electron chi connectivity index (χ0n) is 4.52. The van der Waals surface area contributed by atoms with E-state index in [-0.39, 0.29) is 13.2 Å². The van der Waals surface area contributed by atoms with Crippen molar-refractivity contribution in [2.24, 2.45) is 0 Å². The second-order valence-corrected chi connectivity index (χ2v) is 2.36. The highest BCUT2D eigenvalue weighted by molar-refractivity contribution is 7.46. The van der Waals surface area contributed by atoms with Crippen LogP contribution in [0.3, 0.4) is 0 Å². The summed E-state index contributed by atoms with van der Waals surface area (Å²) in [7, 11) is -4.42. The van der Waals surface area contributed by atoms with Gasteiger partial charge in [-0.05, 0) is 0 Å². The molecular weight excluding hydrogens is 149 g/mol. The summed E-state index contributed by atoms with van der Waals surface area (Å²) in [4.78, 5) is 16.0. The number of aliphatic hydroxyl groups excluding tert-OH is 1. The van der Waals surface area contributed by atoms with Crippen molar-refractivity contribution in [1.82, 2.24) is 5.48 Å². The first-order valence-electron chi connectivity index (χ1n) is 2.14. The first kappa shape index (κ1) is 9.03. The molecule has 0 aliphatic rings. The van der Waals surface area contributed by atoms with E-state index in [1.807, 2.05) is 5.48 Å². The van der Waals surface area contributed by atoms with Gasteiger partial charge in [0.05, 0.1) is 6.61 Å². The third-order valence-corrected chi connectivity index (χ3v) is 0.764. The molecule has 0 aliphatic carbocycles. The highest BCUT2D eigenvalue weighted by Crippen LogP contribution is 2.33. The minimum atomic E-state index is -4.42. The van der Waals surface area contributed by atoms with Gasteiger partial charge in [0.2, 0.25) is 0 Å². The number of aliphatic hydroxyl groups is 1. The molecule has 0 radical (unpaired) electrons. The summed E-state index contributed by atoms with van der Waals surface area (Å²) in [5.74, 6) is 0. The van der Waals surface area contributed by atoms with Gasteiger partial charge in [0.25, 0.3) is 0 Å². The maximum Gasteiger partial charge on any atom is 0.486 e. The number of hydrogen-bond donors (Lipinski definition) is 4. The fraction of sp³-hybridized carbons (Fsp3) is 1.00. The molecule has 0 rings (SSSR count). The van der Waals surface area contributed by atoms with E-state index in [1.165, 1.54) is 0 Å². The molecule has 56 valence electrons. The second-order valence-electron chi connectivity index (χ2n) is 1.20. The molecule has 6 nitrogen and oxygen atoms in total.